The second-order valence-corrected chi connectivity index (χ2v) is 17.9. The predicted octanol–water partition coefficient (Wildman–Crippen LogP) is 1.62. The Morgan fingerprint density at radius 2 is 1.60 bits per heavy atom. The van der Waals surface area contributed by atoms with Crippen LogP contribution in [0.2, 0.25) is 0 Å². The molecule has 0 radical (unpaired) electrons. The number of hydrogen-bond acceptors (Lipinski definition) is 15. The Labute approximate surface area is 330 Å². The molecule has 0 bridgehead atoms. The zero-order valence-corrected chi connectivity index (χ0v) is 35.9. The van der Waals surface area contributed by atoms with Gasteiger partial charge in [0.15, 0.2) is 12.6 Å². The molecule has 3 aliphatic rings. The van der Waals surface area contributed by atoms with E-state index in [2.05, 4.69) is 4.90 Å². The molecule has 0 saturated carbocycles. The number of carbonyl (C=O) groups is 1. The van der Waals surface area contributed by atoms with Crippen LogP contribution in [0.15, 0.2) is 0 Å². The third-order valence-electron chi connectivity index (χ3n) is 12.7. The average Bonchev–Trinajstić information content (AvgIpc) is 3.11. The van der Waals surface area contributed by atoms with Gasteiger partial charge < -0.3 is 64.6 Å². The van der Waals surface area contributed by atoms with Gasteiger partial charge in [-0.1, -0.05) is 20.8 Å². The van der Waals surface area contributed by atoms with E-state index in [1.165, 1.54) is 14.0 Å². The lowest BCUT2D eigenvalue weighted by molar-refractivity contribution is -0.318. The van der Waals surface area contributed by atoms with Crippen molar-refractivity contribution in [3.8, 4) is 0 Å². The van der Waals surface area contributed by atoms with E-state index >= 15 is 0 Å². The van der Waals surface area contributed by atoms with Crippen molar-refractivity contribution >= 4 is 5.97 Å². The Balaban J connectivity index is 2.20. The molecule has 3 heterocycles. The maximum atomic E-state index is 14.3. The number of methoxy groups -OCH3 is 1. The highest BCUT2D eigenvalue weighted by Crippen LogP contribution is 2.40. The first kappa shape index (κ1) is 48.3. The van der Waals surface area contributed by atoms with Crippen molar-refractivity contribution in [2.45, 2.75) is 192 Å². The molecule has 3 rings (SSSR count). The van der Waals surface area contributed by atoms with Crippen LogP contribution in [0.1, 0.15) is 101 Å². The quantitative estimate of drug-likeness (QED) is 0.174. The van der Waals surface area contributed by atoms with Crippen molar-refractivity contribution in [1.29, 1.82) is 0 Å². The zero-order chi connectivity index (χ0) is 41.8. The fourth-order valence-electron chi connectivity index (χ4n) is 9.19. The number of nitrogens with two attached hydrogens (primary N) is 1. The number of nitrogens with zero attached hydrogens (tertiary/aromatic N) is 2. The summed E-state index contributed by atoms with van der Waals surface area (Å²) < 4.78 is 37.7. The summed E-state index contributed by atoms with van der Waals surface area (Å²) >= 11 is 0. The summed E-state index contributed by atoms with van der Waals surface area (Å²) in [5.74, 6) is -2.66. The molecule has 0 spiro atoms. The summed E-state index contributed by atoms with van der Waals surface area (Å²) in [4.78, 5) is 18.3. The molecule has 7 N–H and O–H groups in total. The molecule has 3 saturated heterocycles. The van der Waals surface area contributed by atoms with Gasteiger partial charge in [0.2, 0.25) is 0 Å². The Morgan fingerprint density at radius 1 is 0.964 bits per heavy atom. The maximum Gasteiger partial charge on any atom is 0.311 e. The Kier molecular flexibility index (Phi) is 17.4. The van der Waals surface area contributed by atoms with Gasteiger partial charge in [0.25, 0.3) is 0 Å². The third-order valence-corrected chi connectivity index (χ3v) is 12.7. The van der Waals surface area contributed by atoms with Crippen LogP contribution in [0.5, 0.6) is 0 Å². The molecule has 15 heteroatoms. The van der Waals surface area contributed by atoms with Crippen molar-refractivity contribution in [3.63, 3.8) is 0 Å². The largest absolute Gasteiger partial charge is 0.459 e. The van der Waals surface area contributed by atoms with Crippen molar-refractivity contribution in [2.24, 2.45) is 23.5 Å². The molecule has 3 fully saturated rings. The molecule has 0 aliphatic carbocycles. The van der Waals surface area contributed by atoms with E-state index < -0.39 is 96.0 Å². The van der Waals surface area contributed by atoms with E-state index in [0.29, 0.717) is 32.5 Å². The summed E-state index contributed by atoms with van der Waals surface area (Å²) in [6, 6.07) is -0.855. The van der Waals surface area contributed by atoms with E-state index in [-0.39, 0.29) is 37.3 Å². The van der Waals surface area contributed by atoms with Gasteiger partial charge in [0, 0.05) is 38.1 Å². The molecule has 0 aromatic carbocycles. The summed E-state index contributed by atoms with van der Waals surface area (Å²) in [6.45, 7) is 19.0. The van der Waals surface area contributed by atoms with Crippen molar-refractivity contribution in [1.82, 2.24) is 9.80 Å². The van der Waals surface area contributed by atoms with Crippen LogP contribution in [0.3, 0.4) is 0 Å². The minimum atomic E-state index is -1.83. The lowest BCUT2D eigenvalue weighted by Crippen LogP contribution is -2.60. The normalized spacial score (nSPS) is 47.6. The van der Waals surface area contributed by atoms with Crippen LogP contribution in [0.4, 0.5) is 0 Å². The van der Waals surface area contributed by atoms with Crippen molar-refractivity contribution in [3.05, 3.63) is 0 Å². The van der Waals surface area contributed by atoms with E-state index in [9.17, 15) is 30.3 Å². The van der Waals surface area contributed by atoms with Gasteiger partial charge >= 0.3 is 5.97 Å². The first-order valence-electron chi connectivity index (χ1n) is 20.4. The van der Waals surface area contributed by atoms with Crippen LogP contribution in [-0.4, -0.2) is 172 Å². The molecular weight excluding hydrogens is 714 g/mol. The van der Waals surface area contributed by atoms with Gasteiger partial charge in [-0.3, -0.25) is 9.69 Å². The van der Waals surface area contributed by atoms with E-state index in [0.717, 1.165) is 0 Å². The van der Waals surface area contributed by atoms with Crippen molar-refractivity contribution in [2.75, 3.05) is 40.8 Å². The topological polar surface area (TPSA) is 206 Å². The fourth-order valence-corrected chi connectivity index (χ4v) is 9.19. The molecule has 18 atom stereocenters. The van der Waals surface area contributed by atoms with Gasteiger partial charge in [-0.2, -0.15) is 0 Å². The molecule has 15 nitrogen and oxygen atoms in total. The minimum absolute atomic E-state index is 0.125. The molecule has 1 unspecified atom stereocenters. The van der Waals surface area contributed by atoms with Crippen LogP contribution in [-0.2, 0) is 33.2 Å². The lowest BCUT2D eigenvalue weighted by atomic mass is 9.77. The van der Waals surface area contributed by atoms with E-state index in [1.54, 1.807) is 34.6 Å². The second-order valence-electron chi connectivity index (χ2n) is 17.9. The summed E-state index contributed by atoms with van der Waals surface area (Å²) in [7, 11) is 5.28. The number of ether oxygens (including phenoxy) is 6. The highest BCUT2D eigenvalue weighted by Gasteiger charge is 2.52. The van der Waals surface area contributed by atoms with E-state index in [4.69, 9.17) is 34.2 Å². The molecule has 55 heavy (non-hydrogen) atoms. The minimum Gasteiger partial charge on any atom is -0.459 e. The first-order chi connectivity index (χ1) is 25.4. The van der Waals surface area contributed by atoms with Crippen LogP contribution < -0.4 is 5.73 Å². The number of likely N-dealkylation sites (N-methyl/N-ethyl adjacent to an activating group) is 1. The SMILES string of the molecule is CCC1OC(=O)[C@H](C)[C@@H](O[C@H]2C[C@@](C)(OC)[C@@H](O)[C@H](C)O2)[C@H](C)[C@@H](O[C@H]2O[C@@H](C)C[C@@H](N(C)C)[C@@H]2O)[C@](C)(O)C[C@@H](C)CN(CCCN)[C@H](C)[C@@H](O)[C@]1(C)O. The van der Waals surface area contributed by atoms with E-state index in [1.807, 2.05) is 46.7 Å². The molecule has 3 aliphatic heterocycles. The summed E-state index contributed by atoms with van der Waals surface area (Å²) in [5.41, 5.74) is 1.47. The summed E-state index contributed by atoms with van der Waals surface area (Å²) in [5, 5.41) is 58.9. The monoisotopic (exact) mass is 792 g/mol. The molecule has 0 amide bonds. The zero-order valence-electron chi connectivity index (χ0n) is 35.9. The van der Waals surface area contributed by atoms with Crippen molar-refractivity contribution < 1.29 is 58.7 Å². The first-order valence-corrected chi connectivity index (χ1v) is 20.4. The van der Waals surface area contributed by atoms with Gasteiger partial charge in [-0.05, 0) is 107 Å². The number of carbonyl (C=O) groups excluding carboxylic acids is 1. The molecule has 0 aromatic rings. The van der Waals surface area contributed by atoms with Gasteiger partial charge in [0.1, 0.15) is 30.0 Å². The van der Waals surface area contributed by atoms with Gasteiger partial charge in [-0.25, -0.2) is 0 Å². The average molecular weight is 792 g/mol. The smallest absolute Gasteiger partial charge is 0.311 e. The highest BCUT2D eigenvalue weighted by atomic mass is 16.7. The number of esters is 1. The molecular formula is C40H77N3O12. The molecule has 0 aromatic heterocycles. The van der Waals surface area contributed by atoms with Gasteiger partial charge in [0.05, 0.1) is 41.5 Å². The maximum absolute atomic E-state index is 14.3. The third kappa shape index (κ3) is 11.4. The standard InChI is InChI=1S/C40H77N3O12/c1-14-29-40(10,49)33(45)26(6)43(17-15-16-41)21-22(2)19-38(8,48)35(55-37-31(44)28(42(11)12)18-23(3)51-37)24(4)32(25(5)36(47)53-29)54-30-20-39(9,50-13)34(46)27(7)52-30/h22-35,37,44-46,48-49H,14-21,41H2,1-13H3/t22-,23+,24+,25-,26-,27+,28-,29?,30+,31+,32+,33-,34+,35-,37-,38-,39-,40-/m1/s1. The number of aliphatic hydroxyl groups is 5. The number of aliphatic hydroxyl groups excluding tert-OH is 3. The Morgan fingerprint density at radius 3 is 2.16 bits per heavy atom. The lowest BCUT2D eigenvalue weighted by Gasteiger charge is -2.48. The summed E-state index contributed by atoms with van der Waals surface area (Å²) in [6.07, 6.45) is -7.77. The van der Waals surface area contributed by atoms with Crippen LogP contribution in [0, 0.1) is 17.8 Å². The number of rotatable bonds is 10. The van der Waals surface area contributed by atoms with Crippen LogP contribution in [0.25, 0.3) is 0 Å². The second kappa shape index (κ2) is 19.8. The Hall–Kier alpha value is -1.05. The van der Waals surface area contributed by atoms with Crippen LogP contribution >= 0.6 is 0 Å². The fraction of sp³-hybridized carbons (Fsp3) is 0.975. The van der Waals surface area contributed by atoms with Gasteiger partial charge in [-0.15, -0.1) is 0 Å². The highest BCUT2D eigenvalue weighted by molar-refractivity contribution is 5.73. The molecule has 324 valence electrons. The number of hydrogen-bond donors (Lipinski definition) is 6. The Bertz CT molecular complexity index is 1200. The number of cyclic esters (lactones) is 1. The predicted molar refractivity (Wildman–Crippen MR) is 207 cm³/mol.